The van der Waals surface area contributed by atoms with Gasteiger partial charge in [0, 0.05) is 103 Å². The van der Waals surface area contributed by atoms with E-state index in [1.54, 1.807) is 37.9 Å². The van der Waals surface area contributed by atoms with Crippen LogP contribution in [0.2, 0.25) is 0 Å². The van der Waals surface area contributed by atoms with Gasteiger partial charge in [-0.3, -0.25) is 24.0 Å². The fraction of sp³-hybridized carbons (Fsp3) is 0.492. The second kappa shape index (κ2) is 29.0. The second-order valence-corrected chi connectivity index (χ2v) is 24.2. The molecule has 0 bridgehead atoms. The Morgan fingerprint density at radius 1 is 0.333 bits per heavy atom. The molecule has 37 heteroatoms. The van der Waals surface area contributed by atoms with Gasteiger partial charge in [0.1, 0.15) is 79.6 Å². The molecule has 516 valence electrons. The van der Waals surface area contributed by atoms with E-state index >= 15 is 0 Å². The fourth-order valence-electron chi connectivity index (χ4n) is 13.5. The first-order valence-electron chi connectivity index (χ1n) is 30.8. The first-order valence-corrected chi connectivity index (χ1v) is 30.8. The summed E-state index contributed by atoms with van der Waals surface area (Å²) in [6.07, 6.45) is 9.33. The molecule has 5 aliphatic rings. The number of ether oxygens (including phenoxy) is 2. The molecule has 25 N–H and O–H groups in total. The van der Waals surface area contributed by atoms with E-state index in [2.05, 4.69) is 101 Å². The zero-order valence-corrected chi connectivity index (χ0v) is 52.2. The Labute approximate surface area is 540 Å². The van der Waals surface area contributed by atoms with Crippen molar-refractivity contribution >= 4 is 55.2 Å². The minimum absolute atomic E-state index is 0.0366. The molecule has 0 aliphatic carbocycles. The summed E-state index contributed by atoms with van der Waals surface area (Å²) in [4.78, 5) is 106. The molecule has 20 atom stereocenters. The van der Waals surface area contributed by atoms with Gasteiger partial charge >= 0.3 is 0 Å². The van der Waals surface area contributed by atoms with Crippen LogP contribution in [-0.2, 0) is 9.47 Å². The molecule has 10 aromatic heterocycles. The Kier molecular flexibility index (Phi) is 20.8. The third kappa shape index (κ3) is 12.8. The maximum Gasteiger partial charge on any atom is 0.275 e. The largest absolute Gasteiger partial charge is 0.395 e. The van der Waals surface area contributed by atoms with E-state index in [0.717, 1.165) is 16.7 Å². The minimum Gasteiger partial charge on any atom is -0.395 e. The van der Waals surface area contributed by atoms with Crippen LogP contribution in [0.5, 0.6) is 0 Å². The normalized spacial score (nSPS) is 30.9. The van der Waals surface area contributed by atoms with Crippen molar-refractivity contribution in [3.63, 3.8) is 0 Å². The number of aliphatic hydroxyl groups excluding tert-OH is 10. The number of methoxy groups -OCH3 is 2. The van der Waals surface area contributed by atoms with Gasteiger partial charge in [0.2, 0.25) is 0 Å². The molecular formula is C59H78N20O17. The Balaban J connectivity index is 0.000000122. The molecule has 15 rings (SSSR count). The van der Waals surface area contributed by atoms with Crippen molar-refractivity contribution in [3.8, 4) is 0 Å². The maximum absolute atomic E-state index is 11.7. The summed E-state index contributed by atoms with van der Waals surface area (Å²) < 4.78 is 10.5. The Morgan fingerprint density at radius 3 is 0.969 bits per heavy atom. The molecule has 0 aromatic carbocycles. The maximum atomic E-state index is 11.7. The van der Waals surface area contributed by atoms with Crippen LogP contribution in [0.15, 0.2) is 86.6 Å². The van der Waals surface area contributed by atoms with Crippen molar-refractivity contribution in [1.29, 1.82) is 0 Å². The Bertz CT molecular complexity index is 4480. The summed E-state index contributed by atoms with van der Waals surface area (Å²) in [5, 5.41) is 113. The molecule has 0 unspecified atom stereocenters. The van der Waals surface area contributed by atoms with Crippen molar-refractivity contribution in [2.24, 2.45) is 11.8 Å². The van der Waals surface area contributed by atoms with E-state index in [1.807, 2.05) is 13.8 Å². The van der Waals surface area contributed by atoms with Gasteiger partial charge in [0.05, 0.1) is 125 Å². The number of hydrogen-bond donors (Lipinski definition) is 25. The van der Waals surface area contributed by atoms with Gasteiger partial charge < -0.3 is 137 Å². The number of nitrogens with zero attached hydrogens (tertiary/aromatic N) is 5. The quantitative estimate of drug-likeness (QED) is 0.0575. The van der Waals surface area contributed by atoms with E-state index in [0.29, 0.717) is 66.3 Å². The van der Waals surface area contributed by atoms with Gasteiger partial charge in [-0.2, -0.15) is 0 Å². The van der Waals surface area contributed by atoms with Gasteiger partial charge in [-0.15, -0.1) is 0 Å². The standard InChI is InChI=1S/2C12H16N4O4.2C12H16N4O3.C11H14N4O3/c1-20-11-6(3-17)16-8(10(11)18)5-2-13-9-7(5)14-4-15-12(9)19;1-20-11-8(16-6(3-17)10(11)18)5-2-13-9-7(5)14-4-15-12(9)19;1-5-8(16-7(3-17)11(5)18)6-2-13-10-9(6)14-4-15-12(10)19;1-5-7(3-17)16-9(11(5)18)6-2-13-10-8(6)14-4-15-12(10)19;1-4-9(16)10(17)7(15-4)5-2-12-8-6(5)13-3-14-11(8)18/h2*2,4,6,8,10-11,13,16-18H,3H2,1H3,(H,14,15,19);2,4-5,7-8,11,13,16-18H,3H2,1H3,(H,14,15,19);2,4-5,7,9,11,13,16-18H,3H2,1H3,(H,14,15,19);2-4,7,9-10,12,15-17H,1H3,(H,13,14,18)/t6-,8+,10+,11-;6-,8+,10-,11+;5-,7+,8+,11-;5-,7-,9+,11-;4-,7+,9-,10+/m11011/s1. The lowest BCUT2D eigenvalue weighted by Gasteiger charge is -2.19. The van der Waals surface area contributed by atoms with Crippen molar-refractivity contribution in [2.45, 2.75) is 130 Å². The average Bonchev–Trinajstić information content (AvgIpc) is 1.66. The van der Waals surface area contributed by atoms with Gasteiger partial charge in [0.25, 0.3) is 27.8 Å². The highest BCUT2D eigenvalue weighted by Gasteiger charge is 2.47. The summed E-state index contributed by atoms with van der Waals surface area (Å²) in [6, 6.07) is -3.29. The SMILES string of the molecule is CO[C@@H]1[C@H](O)[C@@H](CO)N[C@H]1c1c[nH]c2c(=O)[nH]cnc12.CO[C@H]1[C@@H](O)[C@H](c2c[nH]c3c(=O)[nH]cnc23)N[C@@H]1CO.C[C@@H]1[C@H](O)[C@@H](CO)N[C@H]1c1c[nH]c2c(=O)[nH]cnc12.C[C@H]1N[C@@H](c2c[nH]c3c(=O)[nH]cnc23)[C@H](O)[C@@H]1O.C[C@H]1[C@@H](O)[C@H](c2c[nH]c3c(=O)[nH]cnc23)N[C@@H]1CO. The van der Waals surface area contributed by atoms with Crippen LogP contribution in [0.4, 0.5) is 0 Å². The molecule has 5 fully saturated rings. The topological polar surface area (TPSA) is 589 Å². The second-order valence-electron chi connectivity index (χ2n) is 24.2. The summed E-state index contributed by atoms with van der Waals surface area (Å²) in [7, 11) is 2.98. The van der Waals surface area contributed by atoms with E-state index in [1.165, 1.54) is 45.9 Å². The summed E-state index contributed by atoms with van der Waals surface area (Å²) in [5.41, 5.74) is 7.04. The van der Waals surface area contributed by atoms with Crippen molar-refractivity contribution < 1.29 is 60.5 Å². The number of aromatic nitrogens is 15. The lowest BCUT2D eigenvalue weighted by Crippen LogP contribution is -2.37. The fourth-order valence-corrected chi connectivity index (χ4v) is 13.5. The summed E-state index contributed by atoms with van der Waals surface area (Å²) in [5.74, 6) is -0.140. The number of aromatic amines is 10. The first kappa shape index (κ1) is 68.8. The predicted octanol–water partition coefficient (Wildman–Crippen LogP) is -5.22. The molecule has 0 saturated carbocycles. The van der Waals surface area contributed by atoms with Crippen molar-refractivity contribution in [1.82, 2.24) is 101 Å². The van der Waals surface area contributed by atoms with Crippen LogP contribution < -0.4 is 54.4 Å². The highest BCUT2D eigenvalue weighted by atomic mass is 16.5. The molecule has 5 aliphatic heterocycles. The molecule has 0 amide bonds. The van der Waals surface area contributed by atoms with Gasteiger partial charge in [-0.05, 0) is 6.92 Å². The van der Waals surface area contributed by atoms with Crippen LogP contribution in [0.25, 0.3) is 55.2 Å². The van der Waals surface area contributed by atoms with Crippen molar-refractivity contribution in [2.75, 3.05) is 40.6 Å². The smallest absolute Gasteiger partial charge is 0.275 e. The molecule has 37 nitrogen and oxygen atoms in total. The highest BCUT2D eigenvalue weighted by molar-refractivity contribution is 5.81. The predicted molar refractivity (Wildman–Crippen MR) is 342 cm³/mol. The number of H-pyrrole nitrogens is 10. The first-order chi connectivity index (χ1) is 46.2. The summed E-state index contributed by atoms with van der Waals surface area (Å²) in [6.45, 7) is 5.07. The lowest BCUT2D eigenvalue weighted by atomic mass is 9.94. The average molecular weight is 1340 g/mol. The Hall–Kier alpha value is -8.58. The van der Waals surface area contributed by atoms with Crippen LogP contribution in [0.1, 0.15) is 78.8 Å². The summed E-state index contributed by atoms with van der Waals surface area (Å²) >= 11 is 0. The Morgan fingerprint density at radius 2 is 0.646 bits per heavy atom. The third-order valence-electron chi connectivity index (χ3n) is 18.9. The molecule has 0 radical (unpaired) electrons. The molecule has 0 spiro atoms. The van der Waals surface area contributed by atoms with Crippen molar-refractivity contribution in [3.05, 3.63) is 142 Å². The molecule has 15 heterocycles. The van der Waals surface area contributed by atoms with Gasteiger partial charge in [-0.25, -0.2) is 24.9 Å². The zero-order valence-electron chi connectivity index (χ0n) is 52.2. The zero-order chi connectivity index (χ0) is 68.5. The number of nitrogens with one attached hydrogen (secondary N) is 15. The minimum atomic E-state index is -0.917. The van der Waals surface area contributed by atoms with Crippen LogP contribution >= 0.6 is 0 Å². The van der Waals surface area contributed by atoms with Crippen LogP contribution in [-0.4, -0.2) is 246 Å². The van der Waals surface area contributed by atoms with E-state index in [-0.39, 0.29) is 108 Å². The van der Waals surface area contributed by atoms with Crippen LogP contribution in [0, 0.1) is 11.8 Å². The highest BCUT2D eigenvalue weighted by Crippen LogP contribution is 2.38. The lowest BCUT2D eigenvalue weighted by molar-refractivity contribution is -0.0114. The van der Waals surface area contributed by atoms with E-state index in [4.69, 9.17) is 9.47 Å². The van der Waals surface area contributed by atoms with Gasteiger partial charge in [-0.1, -0.05) is 13.8 Å². The van der Waals surface area contributed by atoms with Gasteiger partial charge in [0.15, 0.2) is 0 Å². The number of hydrogen-bond acceptors (Lipinski definition) is 27. The number of fused-ring (bicyclic) bond motifs is 5. The third-order valence-corrected chi connectivity index (χ3v) is 18.9. The monoisotopic (exact) mass is 1340 g/mol. The number of aliphatic hydroxyl groups is 10. The number of rotatable bonds is 11. The molecule has 5 saturated heterocycles. The van der Waals surface area contributed by atoms with Crippen LogP contribution in [0.3, 0.4) is 0 Å². The molecule has 96 heavy (non-hydrogen) atoms. The molecule has 10 aromatic rings. The van der Waals surface area contributed by atoms with E-state index in [9.17, 15) is 75.0 Å². The molecular weight excluding hydrogens is 1260 g/mol. The van der Waals surface area contributed by atoms with E-state index < -0.39 is 67.0 Å².